The minimum atomic E-state index is 0.447. The maximum absolute atomic E-state index is 5.49. The zero-order chi connectivity index (χ0) is 15.2. The van der Waals surface area contributed by atoms with Crippen molar-refractivity contribution in [3.8, 4) is 5.88 Å². The first kappa shape index (κ1) is 17.6. The molecule has 0 unspecified atom stereocenters. The summed E-state index contributed by atoms with van der Waals surface area (Å²) in [6.45, 7) is 6.21. The van der Waals surface area contributed by atoms with Gasteiger partial charge in [-0.25, -0.2) is 9.97 Å². The van der Waals surface area contributed by atoms with Crippen molar-refractivity contribution >= 4 is 5.82 Å². The molecule has 1 N–H and O–H groups in total. The van der Waals surface area contributed by atoms with Gasteiger partial charge in [0.15, 0.2) is 0 Å². The Morgan fingerprint density at radius 1 is 1.00 bits per heavy atom. The summed E-state index contributed by atoms with van der Waals surface area (Å²) in [5.74, 6) is 1.32. The highest BCUT2D eigenvalue weighted by Crippen LogP contribution is 2.10. The van der Waals surface area contributed by atoms with Crippen molar-refractivity contribution in [3.63, 3.8) is 0 Å². The monoisotopic (exact) mass is 299 g/mol. The molecule has 0 amide bonds. The predicted octanol–water partition coefficient (Wildman–Crippen LogP) is 1.36. The van der Waals surface area contributed by atoms with E-state index in [1.54, 1.807) is 13.2 Å². The van der Waals surface area contributed by atoms with Gasteiger partial charge < -0.3 is 24.3 Å². The number of rotatable bonds is 13. The van der Waals surface area contributed by atoms with E-state index in [0.29, 0.717) is 45.5 Å². The van der Waals surface area contributed by atoms with Crippen LogP contribution in [0.5, 0.6) is 5.88 Å². The highest BCUT2D eigenvalue weighted by molar-refractivity contribution is 5.36. The quantitative estimate of drug-likeness (QED) is 0.551. The summed E-state index contributed by atoms with van der Waals surface area (Å²) in [7, 11) is 1.65. The van der Waals surface area contributed by atoms with E-state index in [0.717, 1.165) is 18.8 Å². The van der Waals surface area contributed by atoms with Crippen LogP contribution in [0.25, 0.3) is 0 Å². The third kappa shape index (κ3) is 9.17. The summed E-state index contributed by atoms with van der Waals surface area (Å²) < 4.78 is 21.0. The normalized spacial score (nSPS) is 10.6. The van der Waals surface area contributed by atoms with E-state index in [2.05, 4.69) is 22.2 Å². The van der Waals surface area contributed by atoms with Gasteiger partial charge in [-0.15, -0.1) is 0 Å². The van der Waals surface area contributed by atoms with E-state index in [9.17, 15) is 0 Å². The van der Waals surface area contributed by atoms with Gasteiger partial charge in [-0.3, -0.25) is 0 Å². The van der Waals surface area contributed by atoms with Gasteiger partial charge in [0.25, 0.3) is 0 Å². The van der Waals surface area contributed by atoms with Crippen LogP contribution in [0.4, 0.5) is 5.82 Å². The first-order valence-electron chi connectivity index (χ1n) is 7.20. The predicted molar refractivity (Wildman–Crippen MR) is 79.8 cm³/mol. The van der Waals surface area contributed by atoms with Gasteiger partial charge in [0.05, 0.1) is 33.0 Å². The summed E-state index contributed by atoms with van der Waals surface area (Å²) in [5.41, 5.74) is 0. The summed E-state index contributed by atoms with van der Waals surface area (Å²) in [6, 6.07) is 1.78. The number of hydrogen-bond acceptors (Lipinski definition) is 7. The van der Waals surface area contributed by atoms with E-state index in [1.807, 2.05) is 0 Å². The molecule has 0 bridgehead atoms. The molecule has 7 nitrogen and oxygen atoms in total. The third-order valence-electron chi connectivity index (χ3n) is 2.48. The second-order valence-electron chi connectivity index (χ2n) is 4.23. The van der Waals surface area contributed by atoms with Crippen LogP contribution in [0, 0.1) is 0 Å². The van der Waals surface area contributed by atoms with Gasteiger partial charge >= 0.3 is 0 Å². The van der Waals surface area contributed by atoms with Crippen molar-refractivity contribution in [1.29, 1.82) is 0 Å². The molecule has 7 heteroatoms. The lowest BCUT2D eigenvalue weighted by molar-refractivity contribution is 0.0176. The highest BCUT2D eigenvalue weighted by atomic mass is 16.6. The van der Waals surface area contributed by atoms with Crippen LogP contribution in [0.1, 0.15) is 13.3 Å². The van der Waals surface area contributed by atoms with Gasteiger partial charge in [-0.05, 0) is 6.42 Å². The minimum Gasteiger partial charge on any atom is -0.475 e. The van der Waals surface area contributed by atoms with E-state index < -0.39 is 0 Å². The van der Waals surface area contributed by atoms with Crippen LogP contribution >= 0.6 is 0 Å². The smallest absolute Gasteiger partial charge is 0.218 e. The van der Waals surface area contributed by atoms with Crippen LogP contribution in [-0.2, 0) is 14.2 Å². The molecule has 0 aromatic carbocycles. The molecule has 0 saturated heterocycles. The van der Waals surface area contributed by atoms with Crippen LogP contribution in [-0.4, -0.2) is 63.3 Å². The van der Waals surface area contributed by atoms with E-state index in [-0.39, 0.29) is 0 Å². The maximum atomic E-state index is 5.49. The standard InChI is InChI=1S/C14H25N3O4/c1-3-4-15-13-11-14(17-12-16-13)21-10-9-20-8-7-19-6-5-18-2/h11-12H,3-10H2,1-2H3,(H,15,16,17). The number of anilines is 1. The number of nitrogens with one attached hydrogen (secondary N) is 1. The Labute approximate surface area is 126 Å². The number of methoxy groups -OCH3 is 1. The molecule has 0 fully saturated rings. The maximum Gasteiger partial charge on any atom is 0.218 e. The summed E-state index contributed by atoms with van der Waals surface area (Å²) in [6.07, 6.45) is 2.53. The molecule has 1 aromatic heterocycles. The number of nitrogens with zero attached hydrogens (tertiary/aromatic N) is 2. The third-order valence-corrected chi connectivity index (χ3v) is 2.48. The average molecular weight is 299 g/mol. The molecule has 1 heterocycles. The van der Waals surface area contributed by atoms with Crippen LogP contribution < -0.4 is 10.1 Å². The molecular formula is C14H25N3O4. The van der Waals surface area contributed by atoms with Crippen molar-refractivity contribution in [1.82, 2.24) is 9.97 Å². The van der Waals surface area contributed by atoms with Crippen molar-refractivity contribution in [2.45, 2.75) is 13.3 Å². The molecule has 0 atom stereocenters. The fourth-order valence-electron chi connectivity index (χ4n) is 1.44. The Bertz CT molecular complexity index is 366. The molecule has 1 aromatic rings. The van der Waals surface area contributed by atoms with E-state index in [1.165, 1.54) is 6.33 Å². The zero-order valence-electron chi connectivity index (χ0n) is 12.8. The zero-order valence-corrected chi connectivity index (χ0v) is 12.8. The molecule has 0 radical (unpaired) electrons. The topological polar surface area (TPSA) is 74.7 Å². The molecular weight excluding hydrogens is 274 g/mol. The molecule has 120 valence electrons. The van der Waals surface area contributed by atoms with Crippen molar-refractivity contribution in [3.05, 3.63) is 12.4 Å². The van der Waals surface area contributed by atoms with Crippen molar-refractivity contribution < 1.29 is 18.9 Å². The van der Waals surface area contributed by atoms with Gasteiger partial charge in [-0.1, -0.05) is 6.92 Å². The highest BCUT2D eigenvalue weighted by Gasteiger charge is 1.99. The number of aromatic nitrogens is 2. The minimum absolute atomic E-state index is 0.447. The summed E-state index contributed by atoms with van der Waals surface area (Å²) in [5, 5.41) is 3.18. The van der Waals surface area contributed by atoms with Crippen LogP contribution in [0.2, 0.25) is 0 Å². The van der Waals surface area contributed by atoms with Crippen LogP contribution in [0.3, 0.4) is 0 Å². The molecule has 0 aliphatic heterocycles. The Balaban J connectivity index is 2.04. The van der Waals surface area contributed by atoms with Crippen LogP contribution in [0.15, 0.2) is 12.4 Å². The molecule has 0 spiro atoms. The lowest BCUT2D eigenvalue weighted by Gasteiger charge is -2.08. The fourth-order valence-corrected chi connectivity index (χ4v) is 1.44. The Kier molecular flexibility index (Phi) is 10.3. The van der Waals surface area contributed by atoms with Crippen molar-refractivity contribution in [2.24, 2.45) is 0 Å². The molecule has 1 rings (SSSR count). The number of ether oxygens (including phenoxy) is 4. The molecule has 0 aliphatic rings. The SMILES string of the molecule is CCCNc1cc(OCCOCCOCCOC)ncn1. The van der Waals surface area contributed by atoms with E-state index in [4.69, 9.17) is 18.9 Å². The first-order valence-corrected chi connectivity index (χ1v) is 7.20. The van der Waals surface area contributed by atoms with Gasteiger partial charge in [-0.2, -0.15) is 0 Å². The summed E-state index contributed by atoms with van der Waals surface area (Å²) >= 11 is 0. The summed E-state index contributed by atoms with van der Waals surface area (Å²) in [4.78, 5) is 8.16. The Hall–Kier alpha value is -1.44. The largest absolute Gasteiger partial charge is 0.475 e. The molecule has 0 saturated carbocycles. The second kappa shape index (κ2) is 12.3. The second-order valence-corrected chi connectivity index (χ2v) is 4.23. The lowest BCUT2D eigenvalue weighted by atomic mass is 10.4. The molecule has 21 heavy (non-hydrogen) atoms. The number of hydrogen-bond donors (Lipinski definition) is 1. The van der Waals surface area contributed by atoms with E-state index >= 15 is 0 Å². The van der Waals surface area contributed by atoms with Gasteiger partial charge in [0.2, 0.25) is 5.88 Å². The Morgan fingerprint density at radius 2 is 1.71 bits per heavy atom. The average Bonchev–Trinajstić information content (AvgIpc) is 2.52. The fraction of sp³-hybridized carbons (Fsp3) is 0.714. The molecule has 0 aliphatic carbocycles. The van der Waals surface area contributed by atoms with Crippen molar-refractivity contribution in [2.75, 3.05) is 58.6 Å². The first-order chi connectivity index (χ1) is 10.4. The Morgan fingerprint density at radius 3 is 2.43 bits per heavy atom. The van der Waals surface area contributed by atoms with Gasteiger partial charge in [0.1, 0.15) is 18.8 Å². The lowest BCUT2D eigenvalue weighted by Crippen LogP contribution is -2.13. The van der Waals surface area contributed by atoms with Gasteiger partial charge in [0, 0.05) is 19.7 Å².